The van der Waals surface area contributed by atoms with E-state index in [0.29, 0.717) is 12.2 Å². The van der Waals surface area contributed by atoms with Gasteiger partial charge in [0.1, 0.15) is 18.1 Å². The first-order chi connectivity index (χ1) is 12.1. The van der Waals surface area contributed by atoms with E-state index in [2.05, 4.69) is 0 Å². The number of rotatable bonds is 3. The summed E-state index contributed by atoms with van der Waals surface area (Å²) >= 11 is 0. The molecule has 0 radical (unpaired) electrons. The summed E-state index contributed by atoms with van der Waals surface area (Å²) in [4.78, 5) is 12.6. The van der Waals surface area contributed by atoms with Crippen LogP contribution < -0.4 is 10.3 Å². The molecule has 0 saturated carbocycles. The molecule has 0 aliphatic heterocycles. The van der Waals surface area contributed by atoms with Crippen molar-refractivity contribution in [3.63, 3.8) is 0 Å². The maximum Gasteiger partial charge on any atom is 0.294 e. The Morgan fingerprint density at radius 2 is 1.76 bits per heavy atom. The second kappa shape index (κ2) is 5.81. The van der Waals surface area contributed by atoms with Crippen LogP contribution in [0.4, 0.5) is 0 Å². The molecule has 0 unspecified atom stereocenters. The Hall–Kier alpha value is -3.01. The lowest BCUT2D eigenvalue weighted by atomic mass is 10.1. The fraction of sp³-hybridized carbons (Fsp3) is 0.190. The third-order valence-corrected chi connectivity index (χ3v) is 4.65. The van der Waals surface area contributed by atoms with E-state index in [1.807, 2.05) is 62.4 Å². The molecule has 2 aromatic carbocycles. The molecule has 2 aromatic heterocycles. The lowest BCUT2D eigenvalue weighted by Crippen LogP contribution is -2.16. The van der Waals surface area contributed by atoms with E-state index < -0.39 is 0 Å². The number of ether oxygens (including phenoxy) is 1. The Balaban J connectivity index is 1.87. The number of fused-ring (bicyclic) bond motifs is 3. The molecule has 0 N–H and O–H groups in total. The van der Waals surface area contributed by atoms with Gasteiger partial charge in [-0.15, -0.1) is 0 Å². The summed E-state index contributed by atoms with van der Waals surface area (Å²) in [5, 5.41) is 1.85. The number of nitrogens with zero attached hydrogens (tertiary/aromatic N) is 1. The summed E-state index contributed by atoms with van der Waals surface area (Å²) < 4.78 is 13.4. The van der Waals surface area contributed by atoms with Gasteiger partial charge in [0.05, 0.1) is 5.52 Å². The van der Waals surface area contributed by atoms with Gasteiger partial charge in [-0.05, 0) is 32.0 Å². The van der Waals surface area contributed by atoms with Gasteiger partial charge < -0.3 is 13.7 Å². The Morgan fingerprint density at radius 1 is 1.04 bits per heavy atom. The van der Waals surface area contributed by atoms with E-state index in [1.165, 1.54) is 5.56 Å². The first-order valence-electron chi connectivity index (χ1n) is 8.25. The molecule has 4 heteroatoms. The topological polar surface area (TPSA) is 44.4 Å². The normalized spacial score (nSPS) is 11.3. The van der Waals surface area contributed by atoms with Crippen molar-refractivity contribution >= 4 is 21.9 Å². The maximum atomic E-state index is 12.6. The summed E-state index contributed by atoms with van der Waals surface area (Å²) in [5.74, 6) is 1.52. The lowest BCUT2D eigenvalue weighted by Gasteiger charge is -2.08. The number of benzene rings is 2. The number of hydrogen-bond acceptors (Lipinski definition) is 3. The van der Waals surface area contributed by atoms with E-state index in [0.717, 1.165) is 33.4 Å². The highest BCUT2D eigenvalue weighted by atomic mass is 16.5. The molecule has 0 spiro atoms. The molecular formula is C21H19NO3. The highest BCUT2D eigenvalue weighted by molar-refractivity contribution is 6.06. The van der Waals surface area contributed by atoms with Crippen LogP contribution in [0.25, 0.3) is 21.9 Å². The van der Waals surface area contributed by atoms with Gasteiger partial charge in [0.2, 0.25) is 0 Å². The Morgan fingerprint density at radius 3 is 2.52 bits per heavy atom. The molecule has 0 aliphatic carbocycles. The van der Waals surface area contributed by atoms with Crippen molar-refractivity contribution in [1.29, 1.82) is 0 Å². The Kier molecular flexibility index (Phi) is 3.61. The van der Waals surface area contributed by atoms with Crippen molar-refractivity contribution in [2.75, 3.05) is 0 Å². The summed E-state index contributed by atoms with van der Waals surface area (Å²) in [6, 6.07) is 15.8. The van der Waals surface area contributed by atoms with Crippen LogP contribution in [0.2, 0.25) is 0 Å². The van der Waals surface area contributed by atoms with E-state index in [-0.39, 0.29) is 5.56 Å². The van der Waals surface area contributed by atoms with Gasteiger partial charge in [0, 0.05) is 23.4 Å². The van der Waals surface area contributed by atoms with Gasteiger partial charge in [0.15, 0.2) is 5.58 Å². The third kappa shape index (κ3) is 2.50. The molecule has 4 aromatic rings. The quantitative estimate of drug-likeness (QED) is 0.555. The monoisotopic (exact) mass is 333 g/mol. The van der Waals surface area contributed by atoms with Crippen LogP contribution in [0.15, 0.2) is 57.7 Å². The van der Waals surface area contributed by atoms with E-state index in [1.54, 1.807) is 11.6 Å². The predicted octanol–water partition coefficient (Wildman–Crippen LogP) is 4.48. The zero-order valence-corrected chi connectivity index (χ0v) is 14.5. The molecule has 4 nitrogen and oxygen atoms in total. The van der Waals surface area contributed by atoms with E-state index >= 15 is 0 Å². The molecule has 0 fully saturated rings. The number of aryl methyl sites for hydroxylation is 3. The van der Waals surface area contributed by atoms with Gasteiger partial charge in [-0.3, -0.25) is 4.79 Å². The molecule has 0 amide bonds. The average Bonchev–Trinajstić information content (AvgIpc) is 2.96. The highest BCUT2D eigenvalue weighted by Crippen LogP contribution is 2.31. The Labute approximate surface area is 145 Å². The molecule has 0 atom stereocenters. The SMILES string of the molecule is Cc1ccc(OCc2c(C)oc3c(=O)n(C)c4ccccc4c23)cc1. The largest absolute Gasteiger partial charge is 0.489 e. The summed E-state index contributed by atoms with van der Waals surface area (Å²) in [7, 11) is 1.77. The van der Waals surface area contributed by atoms with Gasteiger partial charge in [-0.2, -0.15) is 0 Å². The first kappa shape index (κ1) is 15.5. The van der Waals surface area contributed by atoms with Crippen molar-refractivity contribution in [3.05, 3.63) is 75.8 Å². The van der Waals surface area contributed by atoms with Crippen LogP contribution >= 0.6 is 0 Å². The number of aromatic nitrogens is 1. The second-order valence-corrected chi connectivity index (χ2v) is 6.32. The van der Waals surface area contributed by atoms with Gasteiger partial charge in [-0.1, -0.05) is 35.9 Å². The minimum Gasteiger partial charge on any atom is -0.489 e. The molecule has 126 valence electrons. The summed E-state index contributed by atoms with van der Waals surface area (Å²) in [6.07, 6.45) is 0. The van der Waals surface area contributed by atoms with Crippen LogP contribution in [0, 0.1) is 13.8 Å². The highest BCUT2D eigenvalue weighted by Gasteiger charge is 2.19. The molecule has 0 bridgehead atoms. The zero-order chi connectivity index (χ0) is 17.6. The van der Waals surface area contributed by atoms with Crippen molar-refractivity contribution in [3.8, 4) is 5.75 Å². The second-order valence-electron chi connectivity index (χ2n) is 6.32. The van der Waals surface area contributed by atoms with Crippen molar-refractivity contribution in [1.82, 2.24) is 4.57 Å². The predicted molar refractivity (Wildman–Crippen MR) is 99.2 cm³/mol. The maximum absolute atomic E-state index is 12.6. The first-order valence-corrected chi connectivity index (χ1v) is 8.25. The fourth-order valence-electron chi connectivity index (χ4n) is 3.22. The third-order valence-electron chi connectivity index (χ3n) is 4.65. The van der Waals surface area contributed by atoms with E-state index in [4.69, 9.17) is 9.15 Å². The molecule has 0 saturated heterocycles. The fourth-order valence-corrected chi connectivity index (χ4v) is 3.22. The zero-order valence-electron chi connectivity index (χ0n) is 14.5. The number of furan rings is 1. The number of pyridine rings is 1. The minimum absolute atomic E-state index is 0.126. The minimum atomic E-state index is -0.126. The lowest BCUT2D eigenvalue weighted by molar-refractivity contribution is 0.304. The summed E-state index contributed by atoms with van der Waals surface area (Å²) in [6.45, 7) is 4.28. The molecule has 4 rings (SSSR count). The smallest absolute Gasteiger partial charge is 0.294 e. The molecule has 25 heavy (non-hydrogen) atoms. The summed E-state index contributed by atoms with van der Waals surface area (Å²) in [5.41, 5.74) is 3.26. The van der Waals surface area contributed by atoms with Crippen molar-refractivity contribution in [2.24, 2.45) is 7.05 Å². The molecule has 0 aliphatic rings. The van der Waals surface area contributed by atoms with Crippen LogP contribution in [-0.2, 0) is 13.7 Å². The molecular weight excluding hydrogens is 314 g/mol. The number of hydrogen-bond donors (Lipinski definition) is 0. The van der Waals surface area contributed by atoms with Crippen LogP contribution in [-0.4, -0.2) is 4.57 Å². The van der Waals surface area contributed by atoms with Crippen LogP contribution in [0.1, 0.15) is 16.9 Å². The standard InChI is InChI=1S/C21H19NO3/c1-13-8-10-15(11-9-13)24-12-17-14(2)25-20-19(17)16-6-4-5-7-18(16)22(3)21(20)23/h4-11H,12H2,1-3H3. The Bertz CT molecular complexity index is 1130. The van der Waals surface area contributed by atoms with Crippen molar-refractivity contribution < 1.29 is 9.15 Å². The number of para-hydroxylation sites is 1. The van der Waals surface area contributed by atoms with E-state index in [9.17, 15) is 4.79 Å². The molecule has 2 heterocycles. The van der Waals surface area contributed by atoms with Crippen LogP contribution in [0.5, 0.6) is 5.75 Å². The van der Waals surface area contributed by atoms with Gasteiger partial charge >= 0.3 is 0 Å². The average molecular weight is 333 g/mol. The van der Waals surface area contributed by atoms with Gasteiger partial charge in [0.25, 0.3) is 5.56 Å². The van der Waals surface area contributed by atoms with Crippen LogP contribution in [0.3, 0.4) is 0 Å². The van der Waals surface area contributed by atoms with Gasteiger partial charge in [-0.25, -0.2) is 0 Å². The van der Waals surface area contributed by atoms with Crippen molar-refractivity contribution in [2.45, 2.75) is 20.5 Å².